The molecular weight excluding hydrogens is 188 g/mol. The van der Waals surface area contributed by atoms with E-state index in [0.29, 0.717) is 0 Å². The number of carboxylic acids is 1. The molecule has 0 aliphatic carbocycles. The summed E-state index contributed by atoms with van der Waals surface area (Å²) in [6.07, 6.45) is 0.0623. The van der Waals surface area contributed by atoms with E-state index in [1.165, 1.54) is 0 Å². The summed E-state index contributed by atoms with van der Waals surface area (Å²) in [5.41, 5.74) is 0.428. The van der Waals surface area contributed by atoms with E-state index in [2.05, 4.69) is 11.8 Å². The molecule has 1 aromatic rings. The third kappa shape index (κ3) is 4.33. The SMILES string of the molecule is CC(C)(C#Cc1ccccc1)CC(=O)O. The lowest BCUT2D eigenvalue weighted by Crippen LogP contribution is -2.14. The zero-order valence-corrected chi connectivity index (χ0v) is 8.95. The Morgan fingerprint density at radius 2 is 1.93 bits per heavy atom. The van der Waals surface area contributed by atoms with Gasteiger partial charge in [-0.15, -0.1) is 0 Å². The summed E-state index contributed by atoms with van der Waals surface area (Å²) < 4.78 is 0. The smallest absolute Gasteiger partial charge is 0.304 e. The van der Waals surface area contributed by atoms with Crippen LogP contribution in [0.3, 0.4) is 0 Å². The molecule has 0 saturated heterocycles. The van der Waals surface area contributed by atoms with Crippen molar-refractivity contribution in [3.63, 3.8) is 0 Å². The fourth-order valence-electron chi connectivity index (χ4n) is 1.19. The van der Waals surface area contributed by atoms with Crippen LogP contribution in [0.2, 0.25) is 0 Å². The van der Waals surface area contributed by atoms with E-state index in [9.17, 15) is 4.79 Å². The molecule has 0 unspecified atom stereocenters. The maximum absolute atomic E-state index is 10.6. The van der Waals surface area contributed by atoms with Crippen LogP contribution in [0.4, 0.5) is 0 Å². The number of carbonyl (C=O) groups is 1. The minimum Gasteiger partial charge on any atom is -0.481 e. The van der Waals surface area contributed by atoms with E-state index in [-0.39, 0.29) is 6.42 Å². The summed E-state index contributed by atoms with van der Waals surface area (Å²) in [5, 5.41) is 8.68. The van der Waals surface area contributed by atoms with Crippen LogP contribution in [-0.2, 0) is 4.79 Å². The van der Waals surface area contributed by atoms with E-state index < -0.39 is 11.4 Å². The van der Waals surface area contributed by atoms with Gasteiger partial charge in [0, 0.05) is 11.0 Å². The van der Waals surface area contributed by atoms with E-state index in [1.54, 1.807) is 0 Å². The monoisotopic (exact) mass is 202 g/mol. The quantitative estimate of drug-likeness (QED) is 0.748. The topological polar surface area (TPSA) is 37.3 Å². The number of hydrogen-bond donors (Lipinski definition) is 1. The normalized spacial score (nSPS) is 10.3. The molecule has 78 valence electrons. The number of hydrogen-bond acceptors (Lipinski definition) is 1. The minimum atomic E-state index is -0.817. The Bertz CT molecular complexity index is 394. The van der Waals surface area contributed by atoms with Gasteiger partial charge in [0.1, 0.15) is 0 Å². The molecular formula is C13H14O2. The Morgan fingerprint density at radius 3 is 2.47 bits per heavy atom. The fourth-order valence-corrected chi connectivity index (χ4v) is 1.19. The Kier molecular flexibility index (Phi) is 3.51. The molecule has 0 spiro atoms. The first-order valence-electron chi connectivity index (χ1n) is 4.80. The predicted molar refractivity (Wildman–Crippen MR) is 59.4 cm³/mol. The molecule has 1 rings (SSSR count). The van der Waals surface area contributed by atoms with Gasteiger partial charge in [-0.25, -0.2) is 0 Å². The summed E-state index contributed by atoms with van der Waals surface area (Å²) in [7, 11) is 0. The first-order chi connectivity index (χ1) is 6.99. The summed E-state index contributed by atoms with van der Waals surface area (Å²) in [6.45, 7) is 3.66. The standard InChI is InChI=1S/C13H14O2/c1-13(2,10-12(14)15)9-8-11-6-4-3-5-7-11/h3-7H,10H2,1-2H3,(H,14,15). The zero-order valence-electron chi connectivity index (χ0n) is 8.95. The van der Waals surface area contributed by atoms with Crippen molar-refractivity contribution in [3.8, 4) is 11.8 Å². The Labute approximate surface area is 89.9 Å². The van der Waals surface area contributed by atoms with Gasteiger partial charge in [0.15, 0.2) is 0 Å². The second kappa shape index (κ2) is 4.65. The third-order valence-corrected chi connectivity index (χ3v) is 1.91. The molecule has 0 aliphatic rings. The van der Waals surface area contributed by atoms with Crippen molar-refractivity contribution >= 4 is 5.97 Å². The van der Waals surface area contributed by atoms with Gasteiger partial charge in [-0.3, -0.25) is 4.79 Å². The van der Waals surface area contributed by atoms with Crippen molar-refractivity contribution in [2.45, 2.75) is 20.3 Å². The molecule has 1 aromatic carbocycles. The number of carboxylic acid groups (broad SMARTS) is 1. The lowest BCUT2D eigenvalue weighted by Gasteiger charge is -2.13. The molecule has 2 nitrogen and oxygen atoms in total. The molecule has 0 radical (unpaired) electrons. The fraction of sp³-hybridized carbons (Fsp3) is 0.308. The largest absolute Gasteiger partial charge is 0.481 e. The van der Waals surface area contributed by atoms with Gasteiger partial charge in [0.05, 0.1) is 6.42 Å². The number of rotatable bonds is 2. The van der Waals surface area contributed by atoms with Gasteiger partial charge in [0.25, 0.3) is 0 Å². The van der Waals surface area contributed by atoms with Gasteiger partial charge >= 0.3 is 5.97 Å². The molecule has 0 amide bonds. The van der Waals surface area contributed by atoms with Crippen LogP contribution >= 0.6 is 0 Å². The highest BCUT2D eigenvalue weighted by molar-refractivity contribution is 5.68. The molecule has 15 heavy (non-hydrogen) atoms. The van der Waals surface area contributed by atoms with Crippen molar-refractivity contribution in [3.05, 3.63) is 35.9 Å². The lowest BCUT2D eigenvalue weighted by molar-refractivity contribution is -0.138. The molecule has 0 saturated carbocycles. The Balaban J connectivity index is 2.77. The maximum atomic E-state index is 10.6. The molecule has 1 N–H and O–H groups in total. The molecule has 0 heterocycles. The van der Waals surface area contributed by atoms with Crippen LogP contribution in [0, 0.1) is 17.3 Å². The van der Waals surface area contributed by atoms with E-state index >= 15 is 0 Å². The van der Waals surface area contributed by atoms with Gasteiger partial charge in [-0.2, -0.15) is 0 Å². The predicted octanol–water partition coefficient (Wildman–Crippen LogP) is 2.54. The van der Waals surface area contributed by atoms with Crippen molar-refractivity contribution in [2.75, 3.05) is 0 Å². The highest BCUT2D eigenvalue weighted by atomic mass is 16.4. The van der Waals surface area contributed by atoms with E-state index in [0.717, 1.165) is 5.56 Å². The first kappa shape index (κ1) is 11.3. The van der Waals surface area contributed by atoms with E-state index in [1.807, 2.05) is 44.2 Å². The van der Waals surface area contributed by atoms with Crippen LogP contribution in [0.1, 0.15) is 25.8 Å². The summed E-state index contributed by atoms with van der Waals surface area (Å²) in [6, 6.07) is 9.56. The van der Waals surface area contributed by atoms with Crippen molar-refractivity contribution in [1.29, 1.82) is 0 Å². The average molecular weight is 202 g/mol. The molecule has 0 aliphatic heterocycles. The summed E-state index contributed by atoms with van der Waals surface area (Å²) in [5.74, 6) is 5.14. The maximum Gasteiger partial charge on any atom is 0.304 e. The van der Waals surface area contributed by atoms with Crippen LogP contribution in [-0.4, -0.2) is 11.1 Å². The van der Waals surface area contributed by atoms with Crippen molar-refractivity contribution in [1.82, 2.24) is 0 Å². The van der Waals surface area contributed by atoms with Crippen LogP contribution in [0.15, 0.2) is 30.3 Å². The zero-order chi connectivity index (χ0) is 11.3. The van der Waals surface area contributed by atoms with Gasteiger partial charge in [0.2, 0.25) is 0 Å². The average Bonchev–Trinajstić information content (AvgIpc) is 2.15. The summed E-state index contributed by atoms with van der Waals surface area (Å²) >= 11 is 0. The molecule has 2 heteroatoms. The third-order valence-electron chi connectivity index (χ3n) is 1.91. The summed E-state index contributed by atoms with van der Waals surface area (Å²) in [4.78, 5) is 10.6. The van der Waals surface area contributed by atoms with E-state index in [4.69, 9.17) is 5.11 Å². The molecule has 0 bridgehead atoms. The molecule has 0 fully saturated rings. The second-order valence-corrected chi connectivity index (χ2v) is 4.07. The van der Waals surface area contributed by atoms with Gasteiger partial charge in [-0.1, -0.05) is 30.0 Å². The highest BCUT2D eigenvalue weighted by Crippen LogP contribution is 2.18. The second-order valence-electron chi connectivity index (χ2n) is 4.07. The van der Waals surface area contributed by atoms with Crippen LogP contribution < -0.4 is 0 Å². The van der Waals surface area contributed by atoms with Gasteiger partial charge < -0.3 is 5.11 Å². The number of aliphatic carboxylic acids is 1. The number of benzene rings is 1. The van der Waals surface area contributed by atoms with Crippen LogP contribution in [0.5, 0.6) is 0 Å². The minimum absolute atomic E-state index is 0.0623. The first-order valence-corrected chi connectivity index (χ1v) is 4.80. The molecule has 0 atom stereocenters. The Hall–Kier alpha value is -1.75. The van der Waals surface area contributed by atoms with Crippen molar-refractivity contribution < 1.29 is 9.90 Å². The van der Waals surface area contributed by atoms with Crippen molar-refractivity contribution in [2.24, 2.45) is 5.41 Å². The Morgan fingerprint density at radius 1 is 1.33 bits per heavy atom. The van der Waals surface area contributed by atoms with Gasteiger partial charge in [-0.05, 0) is 26.0 Å². The highest BCUT2D eigenvalue weighted by Gasteiger charge is 2.18. The van der Waals surface area contributed by atoms with Crippen LogP contribution in [0.25, 0.3) is 0 Å². The lowest BCUT2D eigenvalue weighted by atomic mass is 9.90. The molecule has 0 aromatic heterocycles.